The first-order chi connectivity index (χ1) is 13.4. The highest BCUT2D eigenvalue weighted by Crippen LogP contribution is 2.28. The van der Waals surface area contributed by atoms with Gasteiger partial charge in [0.25, 0.3) is 11.8 Å². The molecular weight excluding hydrogens is 610 g/mol. The lowest BCUT2D eigenvalue weighted by molar-refractivity contribution is -0.198. The molecule has 0 radical (unpaired) electrons. The van der Waals surface area contributed by atoms with E-state index in [-0.39, 0.29) is 25.0 Å². The third kappa shape index (κ3) is 6.69. The Morgan fingerprint density at radius 3 is 2.17 bits per heavy atom. The summed E-state index contributed by atoms with van der Waals surface area (Å²) < 4.78 is 6.32. The zero-order valence-electron chi connectivity index (χ0n) is 16.0. The molecule has 1 atom stereocenters. The second kappa shape index (κ2) is 9.45. The quantitative estimate of drug-likeness (QED) is 0.379. The van der Waals surface area contributed by atoms with Gasteiger partial charge in [0.05, 0.1) is 7.14 Å². The molecule has 1 fully saturated rings. The van der Waals surface area contributed by atoms with Crippen LogP contribution in [0.5, 0.6) is 5.75 Å². The van der Waals surface area contributed by atoms with Crippen molar-refractivity contribution >= 4 is 69.1 Å². The Kier molecular flexibility index (Phi) is 7.70. The van der Waals surface area contributed by atoms with Gasteiger partial charge < -0.3 is 20.0 Å². The topological polar surface area (TPSA) is 122 Å². The molecule has 0 spiro atoms. The number of nitrogens with one attached hydrogen (secondary N) is 1. The van der Waals surface area contributed by atoms with Crippen LogP contribution in [0.1, 0.15) is 39.2 Å². The number of benzene rings is 1. The van der Waals surface area contributed by atoms with Gasteiger partial charge in [0.1, 0.15) is 17.4 Å². The summed E-state index contributed by atoms with van der Waals surface area (Å²) in [5.74, 6) is -2.10. The normalized spacial score (nSPS) is 15.3. The predicted molar refractivity (Wildman–Crippen MR) is 118 cm³/mol. The van der Waals surface area contributed by atoms with Crippen LogP contribution in [0.25, 0.3) is 0 Å². The van der Waals surface area contributed by atoms with Crippen LogP contribution < -0.4 is 5.32 Å². The van der Waals surface area contributed by atoms with E-state index in [1.165, 1.54) is 0 Å². The molecule has 1 aromatic carbocycles. The van der Waals surface area contributed by atoms with Crippen LogP contribution in [-0.4, -0.2) is 45.7 Å². The van der Waals surface area contributed by atoms with Crippen LogP contribution in [0, 0.1) is 7.14 Å². The van der Waals surface area contributed by atoms with Crippen LogP contribution >= 0.6 is 45.2 Å². The number of nitrogens with zero attached hydrogens (tertiary/aromatic N) is 1. The third-order valence-corrected chi connectivity index (χ3v) is 5.32. The Morgan fingerprint density at radius 2 is 1.69 bits per heavy atom. The van der Waals surface area contributed by atoms with Crippen LogP contribution in [0.3, 0.4) is 0 Å². The zero-order chi connectivity index (χ0) is 21.9. The molecule has 0 bridgehead atoms. The summed E-state index contributed by atoms with van der Waals surface area (Å²) in [6, 6.07) is 2.09. The van der Waals surface area contributed by atoms with E-state index in [2.05, 4.69) is 5.32 Å². The number of halogens is 2. The van der Waals surface area contributed by atoms with Gasteiger partial charge >= 0.3 is 12.1 Å². The van der Waals surface area contributed by atoms with Gasteiger partial charge in [-0.3, -0.25) is 9.59 Å². The Balaban J connectivity index is 2.22. The van der Waals surface area contributed by atoms with Gasteiger partial charge in [-0.25, -0.2) is 9.59 Å². The first-order valence-electron chi connectivity index (χ1n) is 8.61. The highest BCUT2D eigenvalue weighted by atomic mass is 127. The molecule has 1 aliphatic heterocycles. The molecule has 0 aliphatic carbocycles. The minimum absolute atomic E-state index is 0.000576. The van der Waals surface area contributed by atoms with E-state index in [0.717, 1.165) is 0 Å². The van der Waals surface area contributed by atoms with Crippen LogP contribution in [0.4, 0.5) is 4.79 Å². The highest BCUT2D eigenvalue weighted by Gasteiger charge is 2.36. The molecule has 2 rings (SSSR count). The van der Waals surface area contributed by atoms with Crippen LogP contribution in [0.15, 0.2) is 12.1 Å². The number of imide groups is 1. The fourth-order valence-electron chi connectivity index (χ4n) is 2.43. The number of amides is 3. The Morgan fingerprint density at radius 1 is 1.17 bits per heavy atom. The van der Waals surface area contributed by atoms with Crippen molar-refractivity contribution in [3.8, 4) is 5.75 Å². The number of aromatic hydroxyl groups is 1. The Bertz CT molecular complexity index is 812. The molecule has 158 valence electrons. The van der Waals surface area contributed by atoms with Crippen molar-refractivity contribution in [2.45, 2.75) is 51.7 Å². The number of phenolic OH excluding ortho intramolecular Hbond substituents is 1. The second-order valence-electron chi connectivity index (χ2n) is 7.30. The summed E-state index contributed by atoms with van der Waals surface area (Å²) in [5, 5.41) is 12.8. The maximum Gasteiger partial charge on any atom is 0.408 e. The Labute approximate surface area is 194 Å². The summed E-state index contributed by atoms with van der Waals surface area (Å²) in [4.78, 5) is 53.2. The number of ether oxygens (including phenoxy) is 1. The van der Waals surface area contributed by atoms with Crippen molar-refractivity contribution in [1.29, 1.82) is 0 Å². The molecule has 1 saturated heterocycles. The lowest BCUT2D eigenvalue weighted by Gasteiger charge is -2.24. The SMILES string of the molecule is CC(C)(C)OC(=O)N[C@@H](Cc1cc(I)c(O)c(I)c1)C(=O)ON1C(=O)CCC1=O. The van der Waals surface area contributed by atoms with Crippen LogP contribution in [-0.2, 0) is 30.4 Å². The van der Waals surface area contributed by atoms with Gasteiger partial charge in [0.2, 0.25) is 0 Å². The molecular formula is C18H20I2N2O7. The molecule has 1 heterocycles. The minimum atomic E-state index is -1.22. The van der Waals surface area contributed by atoms with Crippen molar-refractivity contribution in [2.24, 2.45) is 0 Å². The number of alkyl carbamates (subject to hydrolysis) is 1. The van der Waals surface area contributed by atoms with Crippen molar-refractivity contribution in [1.82, 2.24) is 10.4 Å². The Hall–Kier alpha value is -1.64. The fraction of sp³-hybridized carbons (Fsp3) is 0.444. The molecule has 11 heteroatoms. The lowest BCUT2D eigenvalue weighted by atomic mass is 10.1. The summed E-state index contributed by atoms with van der Waals surface area (Å²) in [7, 11) is 0. The number of carbonyl (C=O) groups is 4. The molecule has 1 aliphatic rings. The molecule has 1 aromatic rings. The van der Waals surface area contributed by atoms with Gasteiger partial charge in [-0.05, 0) is 83.6 Å². The van der Waals surface area contributed by atoms with E-state index in [9.17, 15) is 24.3 Å². The van der Waals surface area contributed by atoms with Gasteiger partial charge in [-0.2, -0.15) is 0 Å². The number of hydrogen-bond donors (Lipinski definition) is 2. The number of phenols is 1. The highest BCUT2D eigenvalue weighted by molar-refractivity contribution is 14.1. The van der Waals surface area contributed by atoms with E-state index in [0.29, 0.717) is 17.8 Å². The summed E-state index contributed by atoms with van der Waals surface area (Å²) in [5.41, 5.74) is -0.156. The third-order valence-electron chi connectivity index (χ3n) is 3.68. The average molecular weight is 630 g/mol. The first kappa shape index (κ1) is 23.6. The maximum absolute atomic E-state index is 12.6. The van der Waals surface area contributed by atoms with E-state index < -0.39 is 35.5 Å². The van der Waals surface area contributed by atoms with Crippen molar-refractivity contribution in [3.05, 3.63) is 24.8 Å². The number of hydrogen-bond acceptors (Lipinski definition) is 7. The van der Waals surface area contributed by atoms with Gasteiger partial charge in [-0.15, -0.1) is 5.06 Å². The molecule has 0 aromatic heterocycles. The summed E-state index contributed by atoms with van der Waals surface area (Å²) in [6.07, 6.45) is -0.919. The fourth-order valence-corrected chi connectivity index (χ4v) is 4.32. The number of rotatable bonds is 5. The molecule has 29 heavy (non-hydrogen) atoms. The van der Waals surface area contributed by atoms with E-state index >= 15 is 0 Å². The van der Waals surface area contributed by atoms with E-state index in [1.54, 1.807) is 32.9 Å². The van der Waals surface area contributed by atoms with Gasteiger partial charge in [-0.1, -0.05) is 0 Å². The largest absolute Gasteiger partial charge is 0.506 e. The maximum atomic E-state index is 12.6. The predicted octanol–water partition coefficient (Wildman–Crippen LogP) is 2.64. The summed E-state index contributed by atoms with van der Waals surface area (Å²) >= 11 is 3.90. The lowest BCUT2D eigenvalue weighted by Crippen LogP contribution is -2.48. The van der Waals surface area contributed by atoms with Crippen molar-refractivity contribution < 1.29 is 33.9 Å². The number of hydroxylamine groups is 2. The zero-order valence-corrected chi connectivity index (χ0v) is 20.3. The van der Waals surface area contributed by atoms with Gasteiger partial charge in [0.15, 0.2) is 0 Å². The van der Waals surface area contributed by atoms with Gasteiger partial charge in [0, 0.05) is 19.3 Å². The smallest absolute Gasteiger partial charge is 0.408 e. The molecule has 0 unspecified atom stereocenters. The van der Waals surface area contributed by atoms with E-state index in [1.807, 2.05) is 45.2 Å². The molecule has 2 N–H and O–H groups in total. The first-order valence-corrected chi connectivity index (χ1v) is 10.8. The average Bonchev–Trinajstić information content (AvgIpc) is 2.89. The monoisotopic (exact) mass is 630 g/mol. The standard InChI is InChI=1S/C18H20I2N2O7/c1-18(2,3)28-17(27)21-12(8-9-6-10(19)15(25)11(20)7-9)16(26)29-22-13(23)4-5-14(22)24/h6-7,12,25H,4-5,8H2,1-3H3,(H,21,27)/t12-/m0/s1. The minimum Gasteiger partial charge on any atom is -0.506 e. The van der Waals surface area contributed by atoms with Crippen LogP contribution in [0.2, 0.25) is 0 Å². The van der Waals surface area contributed by atoms with Crippen molar-refractivity contribution in [3.63, 3.8) is 0 Å². The molecule has 9 nitrogen and oxygen atoms in total. The second-order valence-corrected chi connectivity index (χ2v) is 9.63. The van der Waals surface area contributed by atoms with E-state index in [4.69, 9.17) is 9.57 Å². The number of carbonyl (C=O) groups excluding carboxylic acids is 4. The summed E-state index contributed by atoms with van der Waals surface area (Å²) in [6.45, 7) is 5.02. The molecule has 3 amide bonds. The van der Waals surface area contributed by atoms with Crippen molar-refractivity contribution in [2.75, 3.05) is 0 Å². The molecule has 0 saturated carbocycles.